The predicted octanol–water partition coefficient (Wildman–Crippen LogP) is 6.89. The first-order valence-corrected chi connectivity index (χ1v) is 9.58. The third kappa shape index (κ3) is 6.08. The highest BCUT2D eigenvalue weighted by molar-refractivity contribution is 9.09. The van der Waals surface area contributed by atoms with Crippen molar-refractivity contribution in [2.75, 3.05) is 0 Å². The lowest BCUT2D eigenvalue weighted by molar-refractivity contribution is -0.435. The number of para-hydroxylation sites is 1. The van der Waals surface area contributed by atoms with E-state index < -0.39 is 0 Å². The van der Waals surface area contributed by atoms with Gasteiger partial charge < -0.3 is 5.21 Å². The molecule has 2 aromatic carbocycles. The van der Waals surface area contributed by atoms with Crippen molar-refractivity contribution >= 4 is 27.3 Å². The van der Waals surface area contributed by atoms with E-state index in [1.165, 1.54) is 19.3 Å². The maximum Gasteiger partial charge on any atom is 0.244 e. The first-order chi connectivity index (χ1) is 11.7. The van der Waals surface area contributed by atoms with Crippen LogP contribution >= 0.6 is 15.9 Å². The molecule has 0 saturated carbocycles. The van der Waals surface area contributed by atoms with Gasteiger partial charge in [0.05, 0.1) is 0 Å². The van der Waals surface area contributed by atoms with Crippen molar-refractivity contribution in [2.24, 2.45) is 5.11 Å². The molecule has 0 N–H and O–H groups in total. The summed E-state index contributed by atoms with van der Waals surface area (Å²) in [4.78, 5) is 1.29. The molecule has 128 valence electrons. The summed E-state index contributed by atoms with van der Waals surface area (Å²) in [5.74, 6) is 0. The number of alkyl halides is 1. The van der Waals surface area contributed by atoms with Crippen LogP contribution in [0.5, 0.6) is 0 Å². The average Bonchev–Trinajstić information content (AvgIpc) is 2.62. The van der Waals surface area contributed by atoms with E-state index in [2.05, 4.69) is 34.0 Å². The maximum absolute atomic E-state index is 12.2. The number of hydrogen-bond donors (Lipinski definition) is 0. The van der Waals surface area contributed by atoms with Crippen molar-refractivity contribution in [2.45, 2.75) is 50.3 Å². The van der Waals surface area contributed by atoms with Gasteiger partial charge in [-0.1, -0.05) is 77.0 Å². The van der Waals surface area contributed by atoms with E-state index in [1.54, 1.807) is 12.1 Å². The van der Waals surface area contributed by atoms with Crippen LogP contribution in [0.3, 0.4) is 0 Å². The quantitative estimate of drug-likeness (QED) is 0.199. The summed E-state index contributed by atoms with van der Waals surface area (Å²) in [6.45, 7) is 2.22. The fourth-order valence-corrected chi connectivity index (χ4v) is 3.26. The van der Waals surface area contributed by atoms with Gasteiger partial charge in [0.1, 0.15) is 5.69 Å². The Morgan fingerprint density at radius 1 is 1.00 bits per heavy atom. The van der Waals surface area contributed by atoms with Crippen LogP contribution < -0.4 is 0 Å². The van der Waals surface area contributed by atoms with Crippen molar-refractivity contribution in [3.8, 4) is 0 Å². The highest BCUT2D eigenvalue weighted by Gasteiger charge is 2.09. The topological polar surface area (TPSA) is 38.4 Å². The fraction of sp³-hybridized carbons (Fsp3) is 0.400. The number of rotatable bonds is 9. The van der Waals surface area contributed by atoms with Gasteiger partial charge >= 0.3 is 0 Å². The number of hydrogen-bond acceptors (Lipinski definition) is 2. The van der Waals surface area contributed by atoms with Crippen molar-refractivity contribution in [3.05, 3.63) is 65.4 Å². The molecule has 0 fully saturated rings. The maximum atomic E-state index is 12.2. The van der Waals surface area contributed by atoms with Crippen molar-refractivity contribution in [3.63, 3.8) is 0 Å². The van der Waals surface area contributed by atoms with Crippen LogP contribution in [0.2, 0.25) is 0 Å². The molecule has 0 aliphatic rings. The standard InChI is InChI=1S/C20H25BrN2O/c1-2-3-12-18(21)13-9-11-17-10-7-8-16-20(17)22-23(24)19-14-5-4-6-15-19/h4-8,10,14-16,18H,2-3,9,11-13H2,1H3. The molecule has 0 saturated heterocycles. The third-order valence-electron chi connectivity index (χ3n) is 4.00. The Kier molecular flexibility index (Phi) is 7.96. The Labute approximate surface area is 153 Å². The Bertz CT molecular complexity index is 643. The highest BCUT2D eigenvalue weighted by atomic mass is 79.9. The number of halogens is 1. The summed E-state index contributed by atoms with van der Waals surface area (Å²) < 4.78 is 0. The van der Waals surface area contributed by atoms with Crippen LogP contribution in [0.1, 0.15) is 44.6 Å². The monoisotopic (exact) mass is 388 g/mol. The lowest BCUT2D eigenvalue weighted by Crippen LogP contribution is -1.99. The van der Waals surface area contributed by atoms with Gasteiger partial charge in [0.15, 0.2) is 0 Å². The Morgan fingerprint density at radius 2 is 1.67 bits per heavy atom. The summed E-state index contributed by atoms with van der Waals surface area (Å²) in [6, 6.07) is 17.0. The Balaban J connectivity index is 2.00. The largest absolute Gasteiger partial charge is 0.594 e. The molecule has 0 spiro atoms. The number of aryl methyl sites for hydroxylation is 1. The minimum atomic E-state index is 0.549. The fourth-order valence-electron chi connectivity index (χ4n) is 2.61. The predicted molar refractivity (Wildman–Crippen MR) is 103 cm³/mol. The number of unbranched alkanes of at least 4 members (excludes halogenated alkanes) is 1. The average molecular weight is 389 g/mol. The van der Waals surface area contributed by atoms with Crippen LogP contribution in [0.4, 0.5) is 11.4 Å². The molecule has 4 heteroatoms. The van der Waals surface area contributed by atoms with E-state index in [1.807, 2.05) is 36.4 Å². The van der Waals surface area contributed by atoms with Crippen molar-refractivity contribution in [1.29, 1.82) is 0 Å². The lowest BCUT2D eigenvalue weighted by atomic mass is 10.0. The molecule has 0 heterocycles. The molecule has 24 heavy (non-hydrogen) atoms. The van der Waals surface area contributed by atoms with E-state index >= 15 is 0 Å². The van der Waals surface area contributed by atoms with Gasteiger partial charge in [0.25, 0.3) is 0 Å². The van der Waals surface area contributed by atoms with Crippen molar-refractivity contribution < 1.29 is 4.86 Å². The van der Waals surface area contributed by atoms with E-state index in [-0.39, 0.29) is 0 Å². The van der Waals surface area contributed by atoms with Gasteiger partial charge in [-0.05, 0) is 37.3 Å². The van der Waals surface area contributed by atoms with E-state index in [0.717, 1.165) is 30.5 Å². The van der Waals surface area contributed by atoms with Gasteiger partial charge in [-0.25, -0.2) is 0 Å². The molecule has 0 bridgehead atoms. The molecule has 2 rings (SSSR count). The highest BCUT2D eigenvalue weighted by Crippen LogP contribution is 2.24. The molecule has 2 aromatic rings. The van der Waals surface area contributed by atoms with Gasteiger partial charge in [-0.3, -0.25) is 0 Å². The summed E-state index contributed by atoms with van der Waals surface area (Å²) in [5, 5.41) is 16.5. The van der Waals surface area contributed by atoms with E-state index in [9.17, 15) is 5.21 Å². The third-order valence-corrected chi connectivity index (χ3v) is 4.92. The molecular weight excluding hydrogens is 364 g/mol. The molecule has 1 atom stereocenters. The smallest absolute Gasteiger partial charge is 0.244 e. The summed E-state index contributed by atoms with van der Waals surface area (Å²) >= 11 is 3.76. The van der Waals surface area contributed by atoms with Gasteiger partial charge in [0.2, 0.25) is 5.69 Å². The van der Waals surface area contributed by atoms with Crippen LogP contribution in [0.25, 0.3) is 0 Å². The van der Waals surface area contributed by atoms with Gasteiger partial charge in [-0.15, -0.1) is 0 Å². The minimum Gasteiger partial charge on any atom is -0.594 e. The van der Waals surface area contributed by atoms with Crippen LogP contribution in [0.15, 0.2) is 59.7 Å². The minimum absolute atomic E-state index is 0.549. The van der Waals surface area contributed by atoms with Crippen LogP contribution in [-0.2, 0) is 6.42 Å². The molecule has 3 nitrogen and oxygen atoms in total. The summed E-state index contributed by atoms with van der Waals surface area (Å²) in [7, 11) is 0. The molecule has 0 radical (unpaired) electrons. The second kappa shape index (κ2) is 10.2. The summed E-state index contributed by atoms with van der Waals surface area (Å²) in [6.07, 6.45) is 6.92. The van der Waals surface area contributed by atoms with Crippen LogP contribution in [0, 0.1) is 5.21 Å². The van der Waals surface area contributed by atoms with Crippen LogP contribution in [-0.4, -0.2) is 9.69 Å². The van der Waals surface area contributed by atoms with E-state index in [0.29, 0.717) is 15.4 Å². The Morgan fingerprint density at radius 3 is 2.42 bits per heavy atom. The van der Waals surface area contributed by atoms with Crippen molar-refractivity contribution in [1.82, 2.24) is 0 Å². The first kappa shape index (κ1) is 18.7. The molecular formula is C20H25BrN2O. The molecule has 0 amide bonds. The van der Waals surface area contributed by atoms with Gasteiger partial charge in [-0.2, -0.15) is 0 Å². The zero-order valence-electron chi connectivity index (χ0n) is 14.2. The normalized spacial score (nSPS) is 13.0. The van der Waals surface area contributed by atoms with E-state index in [4.69, 9.17) is 0 Å². The molecule has 0 aliphatic carbocycles. The second-order valence-corrected chi connectivity index (χ2v) is 7.26. The zero-order valence-corrected chi connectivity index (χ0v) is 15.8. The molecule has 0 aromatic heterocycles. The Hall–Kier alpha value is -1.68. The lowest BCUT2D eigenvalue weighted by Gasteiger charge is -2.09. The second-order valence-electron chi connectivity index (χ2n) is 5.97. The number of benzene rings is 2. The zero-order chi connectivity index (χ0) is 17.2. The molecule has 1 unspecified atom stereocenters. The van der Waals surface area contributed by atoms with Gasteiger partial charge in [0, 0.05) is 22.1 Å². The first-order valence-electron chi connectivity index (χ1n) is 8.66. The molecule has 0 aliphatic heterocycles. The SMILES string of the molecule is CCCCC(Br)CCCc1ccccc1N=[N+]([O-])c1ccccc1. The number of nitrogens with zero attached hydrogens (tertiary/aromatic N) is 2. The summed E-state index contributed by atoms with van der Waals surface area (Å²) in [5.41, 5.74) is 2.44. The number of azo groups is 1.